The van der Waals surface area contributed by atoms with Crippen LogP contribution in [-0.2, 0) is 0 Å². The summed E-state index contributed by atoms with van der Waals surface area (Å²) in [7, 11) is 1.48. The van der Waals surface area contributed by atoms with Gasteiger partial charge in [-0.2, -0.15) is 9.97 Å². The lowest BCUT2D eigenvalue weighted by molar-refractivity contribution is 0.381. The van der Waals surface area contributed by atoms with Gasteiger partial charge < -0.3 is 9.72 Å². The first-order chi connectivity index (χ1) is 5.81. The van der Waals surface area contributed by atoms with E-state index in [1.54, 1.807) is 0 Å². The molecule has 2 heterocycles. The third-order valence-corrected chi connectivity index (χ3v) is 1.68. The van der Waals surface area contributed by atoms with Gasteiger partial charge in [-0.25, -0.2) is 4.98 Å². The van der Waals surface area contributed by atoms with E-state index in [9.17, 15) is 0 Å². The second-order valence-electron chi connectivity index (χ2n) is 2.10. The van der Waals surface area contributed by atoms with Crippen molar-refractivity contribution in [1.82, 2.24) is 19.9 Å². The summed E-state index contributed by atoms with van der Waals surface area (Å²) in [6.07, 6.45) is 1.50. The van der Waals surface area contributed by atoms with E-state index in [1.165, 1.54) is 13.4 Å². The molecular weight excluding hydrogens is 180 g/mol. The second-order valence-corrected chi connectivity index (χ2v) is 2.46. The molecule has 0 atom stereocenters. The van der Waals surface area contributed by atoms with Gasteiger partial charge in [0.25, 0.3) is 0 Å². The van der Waals surface area contributed by atoms with Crippen LogP contribution in [0.3, 0.4) is 0 Å². The van der Waals surface area contributed by atoms with Crippen molar-refractivity contribution in [3.8, 4) is 6.01 Å². The van der Waals surface area contributed by atoms with Gasteiger partial charge in [0.1, 0.15) is 5.52 Å². The molecule has 0 radical (unpaired) electrons. The smallest absolute Gasteiger partial charge is 0.319 e. The van der Waals surface area contributed by atoms with Crippen molar-refractivity contribution in [3.05, 3.63) is 11.5 Å². The Bertz CT molecular complexity index is 413. The van der Waals surface area contributed by atoms with Gasteiger partial charge in [0.05, 0.1) is 13.4 Å². The number of fused-ring (bicyclic) bond motifs is 1. The monoisotopic (exact) mass is 184 g/mol. The molecule has 2 aromatic rings. The lowest BCUT2D eigenvalue weighted by Gasteiger charge is -1.96. The Morgan fingerprint density at radius 1 is 1.50 bits per heavy atom. The summed E-state index contributed by atoms with van der Waals surface area (Å²) in [6.45, 7) is 0. The van der Waals surface area contributed by atoms with Crippen LogP contribution in [0.4, 0.5) is 0 Å². The van der Waals surface area contributed by atoms with E-state index < -0.39 is 0 Å². The van der Waals surface area contributed by atoms with Crippen LogP contribution in [0.5, 0.6) is 6.01 Å². The fourth-order valence-electron chi connectivity index (χ4n) is 0.870. The minimum atomic E-state index is 0.222. The van der Waals surface area contributed by atoms with Crippen LogP contribution < -0.4 is 4.74 Å². The lowest BCUT2D eigenvalue weighted by atomic mass is 10.6. The van der Waals surface area contributed by atoms with E-state index in [-0.39, 0.29) is 6.01 Å². The van der Waals surface area contributed by atoms with Crippen LogP contribution in [0.25, 0.3) is 11.2 Å². The minimum Gasteiger partial charge on any atom is -0.467 e. The molecule has 0 unspecified atom stereocenters. The maximum atomic E-state index is 5.78. The summed E-state index contributed by atoms with van der Waals surface area (Å²) in [6, 6.07) is 0.222. The number of imidazole rings is 1. The fraction of sp³-hybridized carbons (Fsp3) is 0.167. The van der Waals surface area contributed by atoms with Crippen LogP contribution in [0.15, 0.2) is 6.33 Å². The van der Waals surface area contributed by atoms with Gasteiger partial charge in [0, 0.05) is 0 Å². The highest BCUT2D eigenvalue weighted by atomic mass is 35.5. The Labute approximate surface area is 72.8 Å². The molecule has 0 aliphatic rings. The van der Waals surface area contributed by atoms with Gasteiger partial charge >= 0.3 is 6.01 Å². The molecule has 0 fully saturated rings. The molecule has 0 aliphatic heterocycles. The molecule has 62 valence electrons. The zero-order valence-electron chi connectivity index (χ0n) is 6.21. The van der Waals surface area contributed by atoms with Crippen molar-refractivity contribution in [1.29, 1.82) is 0 Å². The average molecular weight is 185 g/mol. The normalized spacial score (nSPS) is 10.5. The maximum absolute atomic E-state index is 5.78. The highest BCUT2D eigenvalue weighted by molar-refractivity contribution is 6.33. The lowest BCUT2D eigenvalue weighted by Crippen LogP contribution is -1.92. The number of methoxy groups -OCH3 is 1. The number of aromatic amines is 1. The Balaban J connectivity index is 2.75. The van der Waals surface area contributed by atoms with Crippen molar-refractivity contribution in [3.63, 3.8) is 0 Å². The highest BCUT2D eigenvalue weighted by Gasteiger charge is 2.06. The van der Waals surface area contributed by atoms with E-state index in [0.717, 1.165) is 0 Å². The number of halogens is 1. The molecule has 6 heteroatoms. The van der Waals surface area contributed by atoms with Gasteiger partial charge in [-0.05, 0) is 0 Å². The molecule has 0 amide bonds. The van der Waals surface area contributed by atoms with E-state index in [0.29, 0.717) is 16.3 Å². The molecule has 0 saturated carbocycles. The van der Waals surface area contributed by atoms with Gasteiger partial charge in [-0.15, -0.1) is 0 Å². The van der Waals surface area contributed by atoms with Gasteiger partial charge in [-0.1, -0.05) is 11.6 Å². The molecule has 2 aromatic heterocycles. The summed E-state index contributed by atoms with van der Waals surface area (Å²) in [5.41, 5.74) is 1.13. The standard InChI is InChI=1S/C6H5ClN4O/c1-12-6-10-4(7)3-5(11-6)9-2-8-3/h2H,1H3,(H,8,9,10,11). The maximum Gasteiger partial charge on any atom is 0.319 e. The molecule has 0 spiro atoms. The summed E-state index contributed by atoms with van der Waals surface area (Å²) in [5, 5.41) is 0.314. The predicted molar refractivity (Wildman–Crippen MR) is 43.2 cm³/mol. The number of aromatic nitrogens is 4. The zero-order chi connectivity index (χ0) is 8.55. The number of H-pyrrole nitrogens is 1. The van der Waals surface area contributed by atoms with Gasteiger partial charge in [-0.3, -0.25) is 0 Å². The number of hydrogen-bond acceptors (Lipinski definition) is 4. The summed E-state index contributed by atoms with van der Waals surface area (Å²) in [5.74, 6) is 0. The number of hydrogen-bond donors (Lipinski definition) is 1. The Morgan fingerprint density at radius 2 is 2.33 bits per heavy atom. The van der Waals surface area contributed by atoms with Gasteiger partial charge in [0.2, 0.25) is 0 Å². The van der Waals surface area contributed by atoms with E-state index in [4.69, 9.17) is 16.3 Å². The fourth-order valence-corrected chi connectivity index (χ4v) is 1.08. The van der Waals surface area contributed by atoms with Crippen molar-refractivity contribution in [2.24, 2.45) is 0 Å². The predicted octanol–water partition coefficient (Wildman–Crippen LogP) is 1.01. The van der Waals surface area contributed by atoms with Crippen LogP contribution in [0.1, 0.15) is 0 Å². The van der Waals surface area contributed by atoms with E-state index >= 15 is 0 Å². The Hall–Kier alpha value is -1.36. The number of nitrogens with zero attached hydrogens (tertiary/aromatic N) is 3. The van der Waals surface area contributed by atoms with Crippen LogP contribution in [-0.4, -0.2) is 27.0 Å². The van der Waals surface area contributed by atoms with E-state index in [1.807, 2.05) is 0 Å². The molecular formula is C6H5ClN4O. The van der Waals surface area contributed by atoms with Crippen molar-refractivity contribution < 1.29 is 4.74 Å². The first kappa shape index (κ1) is 7.30. The number of ether oxygens (including phenoxy) is 1. The van der Waals surface area contributed by atoms with Crippen LogP contribution in [0, 0.1) is 0 Å². The van der Waals surface area contributed by atoms with Gasteiger partial charge in [0.15, 0.2) is 10.8 Å². The number of nitrogens with one attached hydrogen (secondary N) is 1. The average Bonchev–Trinajstić information content (AvgIpc) is 2.52. The van der Waals surface area contributed by atoms with Crippen molar-refractivity contribution in [2.45, 2.75) is 0 Å². The molecule has 1 N–H and O–H groups in total. The Morgan fingerprint density at radius 3 is 3.08 bits per heavy atom. The summed E-state index contributed by atoms with van der Waals surface area (Å²) < 4.78 is 4.81. The van der Waals surface area contributed by atoms with Crippen LogP contribution in [0.2, 0.25) is 5.15 Å². The van der Waals surface area contributed by atoms with Crippen molar-refractivity contribution >= 4 is 22.8 Å². The Kier molecular flexibility index (Phi) is 1.58. The molecule has 0 bridgehead atoms. The quantitative estimate of drug-likeness (QED) is 0.672. The minimum absolute atomic E-state index is 0.222. The molecule has 0 aromatic carbocycles. The summed E-state index contributed by atoms with van der Waals surface area (Å²) in [4.78, 5) is 14.5. The first-order valence-electron chi connectivity index (χ1n) is 3.22. The van der Waals surface area contributed by atoms with Crippen LogP contribution >= 0.6 is 11.6 Å². The largest absolute Gasteiger partial charge is 0.467 e. The third kappa shape index (κ3) is 0.984. The molecule has 0 aliphatic carbocycles. The molecule has 5 nitrogen and oxygen atoms in total. The summed E-state index contributed by atoms with van der Waals surface area (Å²) >= 11 is 5.78. The van der Waals surface area contributed by atoms with Crippen molar-refractivity contribution in [2.75, 3.05) is 7.11 Å². The second kappa shape index (κ2) is 2.60. The SMILES string of the molecule is COc1nc(Cl)c2[nH]cnc2n1. The number of rotatable bonds is 1. The topological polar surface area (TPSA) is 63.7 Å². The highest BCUT2D eigenvalue weighted by Crippen LogP contribution is 2.18. The van der Waals surface area contributed by atoms with E-state index in [2.05, 4.69) is 19.9 Å². The third-order valence-electron chi connectivity index (χ3n) is 1.40. The molecule has 0 saturated heterocycles. The molecule has 12 heavy (non-hydrogen) atoms. The first-order valence-corrected chi connectivity index (χ1v) is 3.59. The molecule has 2 rings (SSSR count). The zero-order valence-corrected chi connectivity index (χ0v) is 6.96.